The second-order valence-corrected chi connectivity index (χ2v) is 8.27. The maximum atomic E-state index is 12.5. The van der Waals surface area contributed by atoms with E-state index in [9.17, 15) is 9.59 Å². The molecule has 0 unspecified atom stereocenters. The van der Waals surface area contributed by atoms with Gasteiger partial charge in [-0.1, -0.05) is 42.2 Å². The first-order valence-electron chi connectivity index (χ1n) is 8.21. The van der Waals surface area contributed by atoms with Crippen LogP contribution in [0.5, 0.6) is 0 Å². The van der Waals surface area contributed by atoms with Gasteiger partial charge in [-0.05, 0) is 31.0 Å². The highest BCUT2D eigenvalue weighted by Crippen LogP contribution is 2.29. The molecule has 1 aliphatic heterocycles. The van der Waals surface area contributed by atoms with E-state index in [1.54, 1.807) is 16.7 Å². The van der Waals surface area contributed by atoms with Crippen LogP contribution in [0.4, 0.5) is 10.8 Å². The van der Waals surface area contributed by atoms with E-state index < -0.39 is 0 Å². The van der Waals surface area contributed by atoms with E-state index in [4.69, 9.17) is 0 Å². The van der Waals surface area contributed by atoms with Crippen LogP contribution in [0.15, 0.2) is 28.6 Å². The van der Waals surface area contributed by atoms with E-state index >= 15 is 0 Å². The molecule has 2 aromatic rings. The Balaban J connectivity index is 1.62. The summed E-state index contributed by atoms with van der Waals surface area (Å²) >= 11 is 3.00. The molecule has 1 aliphatic rings. The van der Waals surface area contributed by atoms with Crippen LogP contribution in [-0.4, -0.2) is 34.3 Å². The number of nitrogens with one attached hydrogen (secondary N) is 1. The Morgan fingerprint density at radius 2 is 2.28 bits per heavy atom. The van der Waals surface area contributed by atoms with Gasteiger partial charge < -0.3 is 10.2 Å². The molecule has 25 heavy (non-hydrogen) atoms. The highest BCUT2D eigenvalue weighted by atomic mass is 32.2. The molecule has 0 saturated carbocycles. The average molecular weight is 377 g/mol. The lowest BCUT2D eigenvalue weighted by Gasteiger charge is -2.17. The predicted octanol–water partition coefficient (Wildman–Crippen LogP) is 3.34. The SMILES string of the molecule is CCCSc1nnc(NC(=O)[C@@H]2CC(=O)N(c3cccc(C)c3)C2)s1. The monoisotopic (exact) mass is 376 g/mol. The zero-order valence-corrected chi connectivity index (χ0v) is 15.8. The van der Waals surface area contributed by atoms with Gasteiger partial charge in [0.25, 0.3) is 0 Å². The number of aryl methyl sites for hydroxylation is 1. The quantitative estimate of drug-likeness (QED) is 0.618. The van der Waals surface area contributed by atoms with Gasteiger partial charge in [0.1, 0.15) is 0 Å². The fraction of sp³-hybridized carbons (Fsp3) is 0.412. The fourth-order valence-electron chi connectivity index (χ4n) is 2.64. The van der Waals surface area contributed by atoms with Crippen molar-refractivity contribution in [3.63, 3.8) is 0 Å². The lowest BCUT2D eigenvalue weighted by Crippen LogP contribution is -2.28. The Labute approximate surface area is 155 Å². The fourth-order valence-corrected chi connectivity index (χ4v) is 4.32. The van der Waals surface area contributed by atoms with E-state index in [0.717, 1.165) is 27.8 Å². The number of hydrogen-bond acceptors (Lipinski definition) is 6. The van der Waals surface area contributed by atoms with Crippen LogP contribution < -0.4 is 10.2 Å². The highest BCUT2D eigenvalue weighted by Gasteiger charge is 2.35. The Morgan fingerprint density at radius 3 is 3.04 bits per heavy atom. The number of hydrogen-bond donors (Lipinski definition) is 1. The van der Waals surface area contributed by atoms with Crippen molar-refractivity contribution in [3.05, 3.63) is 29.8 Å². The molecule has 132 valence electrons. The molecular weight excluding hydrogens is 356 g/mol. The molecule has 2 amide bonds. The molecule has 1 saturated heterocycles. The lowest BCUT2D eigenvalue weighted by atomic mass is 10.1. The molecule has 1 N–H and O–H groups in total. The zero-order valence-electron chi connectivity index (χ0n) is 14.2. The summed E-state index contributed by atoms with van der Waals surface area (Å²) in [6, 6.07) is 7.76. The van der Waals surface area contributed by atoms with Gasteiger partial charge in [-0.3, -0.25) is 9.59 Å². The first-order valence-corrected chi connectivity index (χ1v) is 10.0. The van der Waals surface area contributed by atoms with Crippen molar-refractivity contribution in [1.29, 1.82) is 0 Å². The number of thioether (sulfide) groups is 1. The van der Waals surface area contributed by atoms with Crippen molar-refractivity contribution in [2.75, 3.05) is 22.5 Å². The number of amides is 2. The van der Waals surface area contributed by atoms with Crippen LogP contribution in [0.25, 0.3) is 0 Å². The minimum Gasteiger partial charge on any atom is -0.312 e. The van der Waals surface area contributed by atoms with Gasteiger partial charge in [0.2, 0.25) is 16.9 Å². The van der Waals surface area contributed by atoms with Crippen LogP contribution in [0, 0.1) is 12.8 Å². The van der Waals surface area contributed by atoms with Gasteiger partial charge in [-0.2, -0.15) is 0 Å². The molecule has 0 radical (unpaired) electrons. The molecule has 2 heterocycles. The maximum Gasteiger partial charge on any atom is 0.231 e. The van der Waals surface area contributed by atoms with E-state index in [0.29, 0.717) is 11.7 Å². The van der Waals surface area contributed by atoms with E-state index in [2.05, 4.69) is 22.4 Å². The minimum atomic E-state index is -0.372. The highest BCUT2D eigenvalue weighted by molar-refractivity contribution is 8.01. The molecular formula is C17H20N4O2S2. The summed E-state index contributed by atoms with van der Waals surface area (Å²) in [5, 5.41) is 11.4. The Bertz CT molecular complexity index is 778. The van der Waals surface area contributed by atoms with Gasteiger partial charge in [0, 0.05) is 24.4 Å². The van der Waals surface area contributed by atoms with Crippen molar-refractivity contribution in [3.8, 4) is 0 Å². The standard InChI is InChI=1S/C17H20N4O2S2/c1-3-7-24-17-20-19-16(25-17)18-15(23)12-9-14(22)21(10-12)13-6-4-5-11(2)8-13/h4-6,8,12H,3,7,9-10H2,1-2H3,(H,18,19,23)/t12-/m1/s1. The number of rotatable bonds is 6. The van der Waals surface area contributed by atoms with Crippen LogP contribution in [0.1, 0.15) is 25.3 Å². The molecule has 0 bridgehead atoms. The Kier molecular flexibility index (Phi) is 5.70. The van der Waals surface area contributed by atoms with Crippen molar-refractivity contribution >= 4 is 45.7 Å². The summed E-state index contributed by atoms with van der Waals surface area (Å²) in [6.07, 6.45) is 1.28. The summed E-state index contributed by atoms with van der Waals surface area (Å²) < 4.78 is 0.848. The smallest absolute Gasteiger partial charge is 0.231 e. The molecule has 1 atom stereocenters. The number of carbonyl (C=O) groups excluding carboxylic acids is 2. The number of aromatic nitrogens is 2. The third-order valence-electron chi connectivity index (χ3n) is 3.88. The normalized spacial score (nSPS) is 17.1. The van der Waals surface area contributed by atoms with Gasteiger partial charge in [0.15, 0.2) is 4.34 Å². The third-order valence-corrected chi connectivity index (χ3v) is 6.05. The predicted molar refractivity (Wildman–Crippen MR) is 101 cm³/mol. The van der Waals surface area contributed by atoms with Crippen molar-refractivity contribution in [2.45, 2.75) is 31.0 Å². The van der Waals surface area contributed by atoms with Crippen LogP contribution in [-0.2, 0) is 9.59 Å². The molecule has 1 aromatic heterocycles. The summed E-state index contributed by atoms with van der Waals surface area (Å²) in [4.78, 5) is 26.4. The molecule has 1 fully saturated rings. The van der Waals surface area contributed by atoms with Crippen LogP contribution in [0.3, 0.4) is 0 Å². The molecule has 1 aromatic carbocycles. The third kappa shape index (κ3) is 4.38. The summed E-state index contributed by atoms with van der Waals surface area (Å²) in [6.45, 7) is 4.48. The second-order valence-electron chi connectivity index (χ2n) is 5.96. The zero-order chi connectivity index (χ0) is 17.8. The number of nitrogens with zero attached hydrogens (tertiary/aromatic N) is 3. The molecule has 8 heteroatoms. The summed E-state index contributed by atoms with van der Waals surface area (Å²) in [7, 11) is 0. The number of anilines is 2. The Hall–Kier alpha value is -1.93. The molecule has 0 spiro atoms. The lowest BCUT2D eigenvalue weighted by molar-refractivity contribution is -0.122. The molecule has 3 rings (SSSR count). The van der Waals surface area contributed by atoms with Gasteiger partial charge in [-0.15, -0.1) is 10.2 Å². The average Bonchev–Trinajstić information content (AvgIpc) is 3.19. The van der Waals surface area contributed by atoms with E-state index in [1.165, 1.54) is 11.3 Å². The van der Waals surface area contributed by atoms with Crippen molar-refractivity contribution in [1.82, 2.24) is 10.2 Å². The minimum absolute atomic E-state index is 0.0257. The van der Waals surface area contributed by atoms with E-state index in [1.807, 2.05) is 31.2 Å². The second kappa shape index (κ2) is 7.97. The van der Waals surface area contributed by atoms with E-state index in [-0.39, 0.29) is 24.2 Å². The molecule has 0 aliphatic carbocycles. The summed E-state index contributed by atoms with van der Waals surface area (Å²) in [5.41, 5.74) is 1.93. The summed E-state index contributed by atoms with van der Waals surface area (Å²) in [5.74, 6) is 0.406. The first kappa shape index (κ1) is 17.9. The van der Waals surface area contributed by atoms with Crippen molar-refractivity contribution in [2.24, 2.45) is 5.92 Å². The van der Waals surface area contributed by atoms with Gasteiger partial charge in [0.05, 0.1) is 5.92 Å². The van der Waals surface area contributed by atoms with Gasteiger partial charge in [-0.25, -0.2) is 0 Å². The number of benzene rings is 1. The van der Waals surface area contributed by atoms with Crippen molar-refractivity contribution < 1.29 is 9.59 Å². The first-order chi connectivity index (χ1) is 12.1. The van der Waals surface area contributed by atoms with Crippen LogP contribution >= 0.6 is 23.1 Å². The molecule has 6 nitrogen and oxygen atoms in total. The maximum absolute atomic E-state index is 12.5. The van der Waals surface area contributed by atoms with Crippen LogP contribution in [0.2, 0.25) is 0 Å². The topological polar surface area (TPSA) is 75.2 Å². The van der Waals surface area contributed by atoms with Gasteiger partial charge >= 0.3 is 0 Å². The number of carbonyl (C=O) groups is 2. The Morgan fingerprint density at radius 1 is 1.44 bits per heavy atom. The largest absolute Gasteiger partial charge is 0.312 e.